The van der Waals surface area contributed by atoms with E-state index in [-0.39, 0.29) is 11.9 Å². The van der Waals surface area contributed by atoms with E-state index in [1.54, 1.807) is 13.2 Å². The molecule has 1 fully saturated rings. The predicted octanol–water partition coefficient (Wildman–Crippen LogP) is 2.93. The zero-order valence-electron chi connectivity index (χ0n) is 15.0. The Morgan fingerprint density at radius 3 is 2.89 bits per heavy atom. The van der Waals surface area contributed by atoms with Crippen LogP contribution >= 0.6 is 0 Å². The molecule has 3 aromatic rings. The average Bonchev–Trinajstić information content (AvgIpc) is 3.20. The van der Waals surface area contributed by atoms with Gasteiger partial charge in [0.1, 0.15) is 11.6 Å². The van der Waals surface area contributed by atoms with Crippen molar-refractivity contribution in [3.05, 3.63) is 54.2 Å². The summed E-state index contributed by atoms with van der Waals surface area (Å²) in [6.45, 7) is 1.36. The van der Waals surface area contributed by atoms with E-state index in [2.05, 4.69) is 25.9 Å². The van der Waals surface area contributed by atoms with Gasteiger partial charge in [0.25, 0.3) is 5.91 Å². The van der Waals surface area contributed by atoms with Gasteiger partial charge < -0.3 is 20.7 Å². The average molecular weight is 363 g/mol. The number of nitrogens with one attached hydrogen (secondary N) is 3. The Balaban J connectivity index is 1.62. The largest absolute Gasteiger partial charge is 0.379 e. The van der Waals surface area contributed by atoms with Gasteiger partial charge in [-0.05, 0) is 24.6 Å². The van der Waals surface area contributed by atoms with Gasteiger partial charge >= 0.3 is 0 Å². The van der Waals surface area contributed by atoms with Crippen LogP contribution in [-0.2, 0) is 4.74 Å². The molecule has 138 valence electrons. The number of ether oxygens (including phenoxy) is 1. The molecule has 4 rings (SSSR count). The smallest absolute Gasteiger partial charge is 0.254 e. The molecule has 2 aromatic heterocycles. The van der Waals surface area contributed by atoms with Gasteiger partial charge in [0.15, 0.2) is 0 Å². The van der Waals surface area contributed by atoms with Gasteiger partial charge in [-0.15, -0.1) is 0 Å². The Labute approximate surface area is 157 Å². The third-order valence-electron chi connectivity index (χ3n) is 4.52. The van der Waals surface area contributed by atoms with Crippen molar-refractivity contribution in [3.63, 3.8) is 0 Å². The minimum Gasteiger partial charge on any atom is -0.379 e. The van der Waals surface area contributed by atoms with E-state index in [1.807, 2.05) is 42.5 Å². The molecule has 7 nitrogen and oxygen atoms in total. The van der Waals surface area contributed by atoms with Crippen molar-refractivity contribution in [1.29, 1.82) is 0 Å². The third kappa shape index (κ3) is 3.83. The highest BCUT2D eigenvalue weighted by Crippen LogP contribution is 2.24. The lowest BCUT2D eigenvalue weighted by Gasteiger charge is -2.17. The highest BCUT2D eigenvalue weighted by molar-refractivity contribution is 5.99. The lowest BCUT2D eigenvalue weighted by atomic mass is 10.1. The fourth-order valence-electron chi connectivity index (χ4n) is 3.09. The summed E-state index contributed by atoms with van der Waals surface area (Å²) in [6.07, 6.45) is 2.48. The number of para-hydroxylation sites is 1. The number of benzene rings is 1. The minimum absolute atomic E-state index is 0.181. The minimum atomic E-state index is -0.181. The summed E-state index contributed by atoms with van der Waals surface area (Å²) in [5, 5.41) is 10.3. The highest BCUT2D eigenvalue weighted by atomic mass is 16.5. The number of rotatable bonds is 5. The second kappa shape index (κ2) is 7.59. The summed E-state index contributed by atoms with van der Waals surface area (Å²) in [4.78, 5) is 21.2. The molecule has 0 radical (unpaired) electrons. The molecular weight excluding hydrogens is 342 g/mol. The maximum Gasteiger partial charge on any atom is 0.254 e. The lowest BCUT2D eigenvalue weighted by Crippen LogP contribution is -2.24. The summed E-state index contributed by atoms with van der Waals surface area (Å²) in [5.41, 5.74) is 2.13. The van der Waals surface area contributed by atoms with Crippen molar-refractivity contribution in [2.24, 2.45) is 0 Å². The molecule has 3 heterocycles. The molecular formula is C20H21N5O2. The molecule has 27 heavy (non-hydrogen) atoms. The van der Waals surface area contributed by atoms with Gasteiger partial charge in [0, 0.05) is 31.3 Å². The van der Waals surface area contributed by atoms with E-state index in [4.69, 9.17) is 4.74 Å². The Kier molecular flexibility index (Phi) is 4.84. The molecule has 0 spiro atoms. The number of carbonyl (C=O) groups is 1. The zero-order chi connectivity index (χ0) is 18.6. The van der Waals surface area contributed by atoms with Crippen molar-refractivity contribution in [3.8, 4) is 0 Å². The summed E-state index contributed by atoms with van der Waals surface area (Å²) < 4.78 is 5.42. The van der Waals surface area contributed by atoms with Crippen LogP contribution in [0.25, 0.3) is 10.9 Å². The first-order valence-corrected chi connectivity index (χ1v) is 8.92. The first-order valence-electron chi connectivity index (χ1n) is 8.92. The lowest BCUT2D eigenvalue weighted by molar-refractivity contribution is 0.0963. The Bertz CT molecular complexity index is 969. The van der Waals surface area contributed by atoms with Gasteiger partial charge in [-0.25, -0.2) is 9.97 Å². The summed E-state index contributed by atoms with van der Waals surface area (Å²) >= 11 is 0. The van der Waals surface area contributed by atoms with E-state index >= 15 is 0 Å². The fraction of sp³-hybridized carbons (Fsp3) is 0.250. The van der Waals surface area contributed by atoms with Crippen LogP contribution in [-0.4, -0.2) is 42.2 Å². The maximum atomic E-state index is 12.2. The van der Waals surface area contributed by atoms with Crippen LogP contribution < -0.4 is 16.0 Å². The van der Waals surface area contributed by atoms with Crippen LogP contribution in [0, 0.1) is 0 Å². The van der Waals surface area contributed by atoms with Crippen LogP contribution in [0.15, 0.2) is 48.7 Å². The molecule has 1 atom stereocenters. The molecule has 0 bridgehead atoms. The quantitative estimate of drug-likeness (QED) is 0.646. The number of fused-ring (bicyclic) bond motifs is 1. The second-order valence-electron chi connectivity index (χ2n) is 6.41. The van der Waals surface area contributed by atoms with Crippen LogP contribution in [0.5, 0.6) is 0 Å². The van der Waals surface area contributed by atoms with Gasteiger partial charge in [-0.3, -0.25) is 4.79 Å². The molecule has 0 unspecified atom stereocenters. The maximum absolute atomic E-state index is 12.2. The van der Waals surface area contributed by atoms with Crippen LogP contribution in [0.3, 0.4) is 0 Å². The van der Waals surface area contributed by atoms with E-state index in [9.17, 15) is 4.79 Å². The Morgan fingerprint density at radius 2 is 2.07 bits per heavy atom. The van der Waals surface area contributed by atoms with Crippen molar-refractivity contribution < 1.29 is 9.53 Å². The van der Waals surface area contributed by atoms with Gasteiger partial charge in [-0.2, -0.15) is 0 Å². The number of pyridine rings is 2. The number of aromatic nitrogens is 2. The molecule has 1 amide bonds. The van der Waals surface area contributed by atoms with E-state index in [0.717, 1.165) is 29.6 Å². The molecule has 1 aliphatic rings. The topological polar surface area (TPSA) is 88.2 Å². The van der Waals surface area contributed by atoms with Crippen LogP contribution in [0.2, 0.25) is 0 Å². The molecule has 1 saturated heterocycles. The predicted molar refractivity (Wildman–Crippen MR) is 105 cm³/mol. The molecule has 1 aromatic carbocycles. The third-order valence-corrected chi connectivity index (χ3v) is 4.52. The van der Waals surface area contributed by atoms with Crippen molar-refractivity contribution >= 4 is 34.1 Å². The summed E-state index contributed by atoms with van der Waals surface area (Å²) in [7, 11) is 1.61. The van der Waals surface area contributed by atoms with Gasteiger partial charge in [0.2, 0.25) is 0 Å². The van der Waals surface area contributed by atoms with Crippen LogP contribution in [0.4, 0.5) is 17.3 Å². The Morgan fingerprint density at radius 1 is 1.19 bits per heavy atom. The second-order valence-corrected chi connectivity index (χ2v) is 6.41. The van der Waals surface area contributed by atoms with Gasteiger partial charge in [0.05, 0.1) is 29.4 Å². The fourth-order valence-corrected chi connectivity index (χ4v) is 3.09. The first-order chi connectivity index (χ1) is 13.2. The zero-order valence-corrected chi connectivity index (χ0v) is 15.0. The number of nitrogens with zero attached hydrogens (tertiary/aromatic N) is 2. The number of hydrogen-bond acceptors (Lipinski definition) is 6. The van der Waals surface area contributed by atoms with Crippen molar-refractivity contribution in [1.82, 2.24) is 15.3 Å². The van der Waals surface area contributed by atoms with E-state index < -0.39 is 0 Å². The summed E-state index contributed by atoms with van der Waals surface area (Å²) in [6, 6.07) is 13.9. The van der Waals surface area contributed by atoms with E-state index in [0.29, 0.717) is 23.8 Å². The number of hydrogen-bond donors (Lipinski definition) is 3. The monoisotopic (exact) mass is 363 g/mol. The molecule has 0 saturated carbocycles. The molecule has 7 heteroatoms. The number of anilines is 3. The Hall–Kier alpha value is -3.19. The van der Waals surface area contributed by atoms with Crippen LogP contribution in [0.1, 0.15) is 16.8 Å². The highest BCUT2D eigenvalue weighted by Gasteiger charge is 2.19. The summed E-state index contributed by atoms with van der Waals surface area (Å²) in [5.74, 6) is 1.13. The molecule has 3 N–H and O–H groups in total. The van der Waals surface area contributed by atoms with Gasteiger partial charge in [-0.1, -0.05) is 18.2 Å². The number of carbonyl (C=O) groups excluding carboxylic acids is 1. The SMILES string of the molecule is CNC(=O)c1cnc(Nc2ccc3ccccc3n2)cc1N[C@H]1CCOC1. The standard InChI is InChI=1S/C20H21N5O2/c1-21-20(26)15-11-22-19(10-17(15)23-14-8-9-27-12-14)25-18-7-6-13-4-2-3-5-16(13)24-18/h2-7,10-11,14H,8-9,12H2,1H3,(H,21,26)(H2,22,23,24,25)/t14-/m0/s1. The first kappa shape index (κ1) is 17.2. The van der Waals surface area contributed by atoms with Crippen molar-refractivity contribution in [2.75, 3.05) is 30.9 Å². The normalized spacial score (nSPS) is 16.3. The molecule has 0 aliphatic carbocycles. The van der Waals surface area contributed by atoms with Crippen molar-refractivity contribution in [2.45, 2.75) is 12.5 Å². The number of amides is 1. The molecule has 1 aliphatic heterocycles. The van der Waals surface area contributed by atoms with E-state index in [1.165, 1.54) is 0 Å².